The molecule has 11 heavy (non-hydrogen) atoms. The zero-order valence-corrected chi connectivity index (χ0v) is 9.77. The molecule has 64 valence electrons. The maximum absolute atomic E-state index is 3.49. The molecule has 0 saturated carbocycles. The van der Waals surface area contributed by atoms with Crippen molar-refractivity contribution in [1.82, 2.24) is 5.32 Å². The SMILES string of the molecule is CC1C=C(C(C)(C)C)NC1I. The number of rotatable bonds is 0. The van der Waals surface area contributed by atoms with Gasteiger partial charge in [0, 0.05) is 17.0 Å². The normalized spacial score (nSPS) is 31.5. The first-order valence-electron chi connectivity index (χ1n) is 4.04. The highest BCUT2D eigenvalue weighted by Gasteiger charge is 2.27. The van der Waals surface area contributed by atoms with Crippen molar-refractivity contribution < 1.29 is 0 Å². The minimum atomic E-state index is 0.286. The zero-order chi connectivity index (χ0) is 8.65. The Morgan fingerprint density at radius 3 is 2.18 bits per heavy atom. The quantitative estimate of drug-likeness (QED) is 0.403. The van der Waals surface area contributed by atoms with Gasteiger partial charge < -0.3 is 5.32 Å². The average molecular weight is 265 g/mol. The van der Waals surface area contributed by atoms with E-state index < -0.39 is 0 Å². The minimum Gasteiger partial charge on any atom is -0.376 e. The van der Waals surface area contributed by atoms with Crippen LogP contribution in [0.15, 0.2) is 11.8 Å². The summed E-state index contributed by atoms with van der Waals surface area (Å²) < 4.78 is 0.585. The van der Waals surface area contributed by atoms with Crippen LogP contribution >= 0.6 is 22.6 Å². The van der Waals surface area contributed by atoms with Crippen LogP contribution in [0.25, 0.3) is 0 Å². The maximum Gasteiger partial charge on any atom is 0.0839 e. The topological polar surface area (TPSA) is 12.0 Å². The third-order valence-corrected chi connectivity index (χ3v) is 3.44. The van der Waals surface area contributed by atoms with E-state index in [-0.39, 0.29) is 5.41 Å². The molecule has 2 unspecified atom stereocenters. The first-order chi connectivity index (χ1) is 4.91. The Kier molecular flexibility index (Phi) is 2.52. The Morgan fingerprint density at radius 2 is 2.00 bits per heavy atom. The van der Waals surface area contributed by atoms with Gasteiger partial charge in [-0.1, -0.05) is 56.4 Å². The van der Waals surface area contributed by atoms with E-state index in [1.165, 1.54) is 5.70 Å². The van der Waals surface area contributed by atoms with Crippen LogP contribution in [0, 0.1) is 11.3 Å². The van der Waals surface area contributed by atoms with Gasteiger partial charge in [-0.2, -0.15) is 0 Å². The molecular weight excluding hydrogens is 249 g/mol. The van der Waals surface area contributed by atoms with E-state index in [4.69, 9.17) is 0 Å². The molecule has 0 fully saturated rings. The van der Waals surface area contributed by atoms with Crippen LogP contribution in [-0.2, 0) is 0 Å². The van der Waals surface area contributed by atoms with Gasteiger partial charge in [0.05, 0.1) is 4.05 Å². The molecule has 0 radical (unpaired) electrons. The van der Waals surface area contributed by atoms with Crippen molar-refractivity contribution in [2.45, 2.75) is 31.7 Å². The molecule has 1 rings (SSSR count). The molecule has 2 heteroatoms. The van der Waals surface area contributed by atoms with Crippen molar-refractivity contribution in [3.8, 4) is 0 Å². The van der Waals surface area contributed by atoms with Gasteiger partial charge in [-0.15, -0.1) is 0 Å². The number of allylic oxidation sites excluding steroid dienone is 1. The third kappa shape index (κ3) is 2.10. The van der Waals surface area contributed by atoms with Gasteiger partial charge in [0.25, 0.3) is 0 Å². The summed E-state index contributed by atoms with van der Waals surface area (Å²) in [5, 5.41) is 3.49. The van der Waals surface area contributed by atoms with Crippen LogP contribution in [0.2, 0.25) is 0 Å². The highest BCUT2D eigenvalue weighted by atomic mass is 127. The molecule has 1 aliphatic rings. The van der Waals surface area contributed by atoms with Crippen LogP contribution < -0.4 is 5.32 Å². The standard InChI is InChI=1S/C9H16IN/c1-6-5-7(9(2,3)4)11-8(6)10/h5-6,8,11H,1-4H3. The fourth-order valence-corrected chi connectivity index (χ4v) is 1.69. The van der Waals surface area contributed by atoms with Crippen molar-refractivity contribution in [1.29, 1.82) is 0 Å². The fourth-order valence-electron chi connectivity index (χ4n) is 1.14. The second-order valence-electron chi connectivity index (χ2n) is 4.24. The molecule has 0 aromatic rings. The Balaban J connectivity index is 2.71. The lowest BCUT2D eigenvalue weighted by Gasteiger charge is -2.21. The highest BCUT2D eigenvalue weighted by molar-refractivity contribution is 14.1. The molecule has 1 aliphatic heterocycles. The molecule has 0 bridgehead atoms. The van der Waals surface area contributed by atoms with Gasteiger partial charge in [-0.25, -0.2) is 0 Å². The smallest absolute Gasteiger partial charge is 0.0839 e. The second kappa shape index (κ2) is 2.96. The van der Waals surface area contributed by atoms with Crippen LogP contribution in [0.3, 0.4) is 0 Å². The van der Waals surface area contributed by atoms with Crippen molar-refractivity contribution in [3.63, 3.8) is 0 Å². The van der Waals surface area contributed by atoms with E-state index in [9.17, 15) is 0 Å². The van der Waals surface area contributed by atoms with Crippen molar-refractivity contribution in [3.05, 3.63) is 11.8 Å². The fraction of sp³-hybridized carbons (Fsp3) is 0.778. The first kappa shape index (κ1) is 9.36. The molecule has 0 aliphatic carbocycles. The van der Waals surface area contributed by atoms with Crippen LogP contribution in [0.5, 0.6) is 0 Å². The lowest BCUT2D eigenvalue weighted by molar-refractivity contribution is 0.470. The van der Waals surface area contributed by atoms with Crippen LogP contribution in [-0.4, -0.2) is 4.05 Å². The highest BCUT2D eigenvalue weighted by Crippen LogP contribution is 2.32. The van der Waals surface area contributed by atoms with E-state index >= 15 is 0 Å². The molecule has 1 nitrogen and oxygen atoms in total. The summed E-state index contributed by atoms with van der Waals surface area (Å²) in [6.07, 6.45) is 2.34. The predicted octanol–water partition coefficient (Wildman–Crippen LogP) is 2.92. The summed E-state index contributed by atoms with van der Waals surface area (Å²) in [6.45, 7) is 8.98. The molecular formula is C9H16IN. The number of hydrogen-bond acceptors (Lipinski definition) is 1. The van der Waals surface area contributed by atoms with Gasteiger partial charge in [-0.05, 0) is 0 Å². The predicted molar refractivity (Wildman–Crippen MR) is 57.6 cm³/mol. The van der Waals surface area contributed by atoms with Gasteiger partial charge in [-0.3, -0.25) is 0 Å². The molecule has 0 amide bonds. The monoisotopic (exact) mass is 265 g/mol. The summed E-state index contributed by atoms with van der Waals surface area (Å²) in [4.78, 5) is 0. The maximum atomic E-state index is 3.49. The number of halogens is 1. The second-order valence-corrected chi connectivity index (χ2v) is 5.58. The summed E-state index contributed by atoms with van der Waals surface area (Å²) in [5.74, 6) is 0.671. The lowest BCUT2D eigenvalue weighted by atomic mass is 9.92. The Morgan fingerprint density at radius 1 is 1.45 bits per heavy atom. The third-order valence-electron chi connectivity index (χ3n) is 1.99. The van der Waals surface area contributed by atoms with Crippen molar-refractivity contribution in [2.75, 3.05) is 0 Å². The molecule has 1 N–H and O–H groups in total. The summed E-state index contributed by atoms with van der Waals surface area (Å²) in [5.41, 5.74) is 1.68. The Bertz CT molecular complexity index is 178. The largest absolute Gasteiger partial charge is 0.376 e. The molecule has 0 spiro atoms. The van der Waals surface area contributed by atoms with Gasteiger partial charge in [0.15, 0.2) is 0 Å². The lowest BCUT2D eigenvalue weighted by Crippen LogP contribution is -2.26. The molecule has 2 atom stereocenters. The molecule has 0 aromatic heterocycles. The van der Waals surface area contributed by atoms with E-state index in [1.807, 2.05) is 0 Å². The van der Waals surface area contributed by atoms with Crippen molar-refractivity contribution in [2.24, 2.45) is 11.3 Å². The van der Waals surface area contributed by atoms with Gasteiger partial charge in [0.1, 0.15) is 0 Å². The van der Waals surface area contributed by atoms with Crippen LogP contribution in [0.4, 0.5) is 0 Å². The van der Waals surface area contributed by atoms with Gasteiger partial charge >= 0.3 is 0 Å². The summed E-state index contributed by atoms with van der Waals surface area (Å²) in [6, 6.07) is 0. The zero-order valence-electron chi connectivity index (χ0n) is 7.61. The van der Waals surface area contributed by atoms with Crippen LogP contribution in [0.1, 0.15) is 27.7 Å². The molecule has 0 aromatic carbocycles. The average Bonchev–Trinajstić information content (AvgIpc) is 2.11. The molecule has 0 saturated heterocycles. The van der Waals surface area contributed by atoms with E-state index in [0.29, 0.717) is 9.97 Å². The Labute approximate surface area is 82.8 Å². The van der Waals surface area contributed by atoms with E-state index in [2.05, 4.69) is 61.7 Å². The van der Waals surface area contributed by atoms with E-state index in [0.717, 1.165) is 0 Å². The summed E-state index contributed by atoms with van der Waals surface area (Å²) in [7, 11) is 0. The number of hydrogen-bond donors (Lipinski definition) is 1. The summed E-state index contributed by atoms with van der Waals surface area (Å²) >= 11 is 2.45. The van der Waals surface area contributed by atoms with Gasteiger partial charge in [0.2, 0.25) is 0 Å². The number of alkyl halides is 1. The van der Waals surface area contributed by atoms with Crippen molar-refractivity contribution >= 4 is 22.6 Å². The first-order valence-corrected chi connectivity index (χ1v) is 5.29. The minimum absolute atomic E-state index is 0.286. The number of nitrogens with one attached hydrogen (secondary N) is 1. The molecule has 1 heterocycles. The van der Waals surface area contributed by atoms with E-state index in [1.54, 1.807) is 0 Å². The Hall–Kier alpha value is 0.270.